The largest absolute Gasteiger partial charge is 0.455 e. The number of aromatic nitrogens is 1. The second-order valence-corrected chi connectivity index (χ2v) is 9.33. The van der Waals surface area contributed by atoms with E-state index in [1.807, 2.05) is 60.7 Å². The molecule has 7 rings (SSSR count). The summed E-state index contributed by atoms with van der Waals surface area (Å²) in [5.41, 5.74) is 9.00. The Balaban J connectivity index is 1.41. The van der Waals surface area contributed by atoms with Crippen molar-refractivity contribution in [2.24, 2.45) is 0 Å². The molecule has 0 aliphatic carbocycles. The number of nitrogens with zero attached hydrogens (tertiary/aromatic N) is 1. The van der Waals surface area contributed by atoms with Crippen LogP contribution in [-0.4, -0.2) is 4.98 Å². The lowest BCUT2D eigenvalue weighted by Crippen LogP contribution is -1.91. The van der Waals surface area contributed by atoms with E-state index in [9.17, 15) is 4.39 Å². The van der Waals surface area contributed by atoms with Crippen LogP contribution in [0.1, 0.15) is 0 Å². The van der Waals surface area contributed by atoms with Gasteiger partial charge in [0.05, 0.1) is 11.9 Å². The average Bonchev–Trinajstić information content (AvgIpc) is 3.38. The van der Waals surface area contributed by atoms with E-state index < -0.39 is 0 Å². The first-order valence-electron chi connectivity index (χ1n) is 12.6. The van der Waals surface area contributed by atoms with Crippen LogP contribution in [-0.2, 0) is 0 Å². The van der Waals surface area contributed by atoms with Gasteiger partial charge in [-0.3, -0.25) is 4.98 Å². The van der Waals surface area contributed by atoms with Gasteiger partial charge in [0, 0.05) is 27.5 Å². The molecular weight excluding hydrogens is 469 g/mol. The molecule has 0 amide bonds. The number of para-hydroxylation sites is 1. The summed E-state index contributed by atoms with van der Waals surface area (Å²) in [4.78, 5) is 4.48. The van der Waals surface area contributed by atoms with Crippen LogP contribution in [0.15, 0.2) is 138 Å². The van der Waals surface area contributed by atoms with Crippen LogP contribution in [0.5, 0.6) is 0 Å². The van der Waals surface area contributed by atoms with Crippen LogP contribution < -0.4 is 0 Å². The Bertz CT molecular complexity index is 1920. The molecule has 180 valence electrons. The summed E-state index contributed by atoms with van der Waals surface area (Å²) < 4.78 is 21.3. The van der Waals surface area contributed by atoms with Crippen molar-refractivity contribution >= 4 is 21.9 Å². The Hall–Kier alpha value is -5.02. The molecule has 3 heteroatoms. The predicted molar refractivity (Wildman–Crippen MR) is 153 cm³/mol. The van der Waals surface area contributed by atoms with Crippen LogP contribution in [0.25, 0.3) is 66.6 Å². The van der Waals surface area contributed by atoms with Crippen molar-refractivity contribution in [1.29, 1.82) is 0 Å². The first-order valence-corrected chi connectivity index (χ1v) is 12.6. The smallest absolute Gasteiger partial charge is 0.149 e. The molecule has 0 aliphatic heterocycles. The van der Waals surface area contributed by atoms with Crippen LogP contribution in [0.3, 0.4) is 0 Å². The minimum atomic E-state index is -0.343. The maximum Gasteiger partial charge on any atom is 0.149 e. The van der Waals surface area contributed by atoms with E-state index in [0.29, 0.717) is 11.3 Å². The molecule has 0 N–H and O–H groups in total. The predicted octanol–water partition coefficient (Wildman–Crippen LogP) is 9.79. The van der Waals surface area contributed by atoms with Gasteiger partial charge in [-0.2, -0.15) is 0 Å². The Morgan fingerprint density at radius 3 is 2.00 bits per heavy atom. The highest BCUT2D eigenvalue weighted by molar-refractivity contribution is 6.15. The van der Waals surface area contributed by atoms with Crippen molar-refractivity contribution in [3.8, 4) is 44.6 Å². The zero-order chi connectivity index (χ0) is 25.5. The normalized spacial score (nSPS) is 11.3. The van der Waals surface area contributed by atoms with Crippen molar-refractivity contribution < 1.29 is 8.81 Å². The fourth-order valence-corrected chi connectivity index (χ4v) is 5.21. The van der Waals surface area contributed by atoms with Crippen molar-refractivity contribution in [2.45, 2.75) is 0 Å². The van der Waals surface area contributed by atoms with Gasteiger partial charge in [-0.05, 0) is 40.5 Å². The lowest BCUT2D eigenvalue weighted by Gasteiger charge is -2.08. The Morgan fingerprint density at radius 2 is 1.18 bits per heavy atom. The van der Waals surface area contributed by atoms with Crippen molar-refractivity contribution in [1.82, 2.24) is 4.98 Å². The number of benzene rings is 5. The topological polar surface area (TPSA) is 26.0 Å². The van der Waals surface area contributed by atoms with Crippen LogP contribution in [0.2, 0.25) is 0 Å². The monoisotopic (exact) mass is 491 g/mol. The Kier molecular flexibility index (Phi) is 5.33. The van der Waals surface area contributed by atoms with E-state index in [1.165, 1.54) is 11.8 Å². The molecule has 2 aromatic heterocycles. The standard InChI is InChI=1S/C35H22FNO/c36-31-22-37-32(21-30(31)24-12-5-2-6-13-24)28-17-9-19-33-34(28)29-18-8-16-27(35(29)38-33)26-15-7-14-25(20-26)23-10-3-1-4-11-23/h1-22H. The Morgan fingerprint density at radius 1 is 0.526 bits per heavy atom. The number of furan rings is 1. The van der Waals surface area contributed by atoms with E-state index >= 15 is 0 Å². The third kappa shape index (κ3) is 3.77. The van der Waals surface area contributed by atoms with Crippen LogP contribution >= 0.6 is 0 Å². The lowest BCUT2D eigenvalue weighted by molar-refractivity contribution is 0.625. The van der Waals surface area contributed by atoms with Crippen molar-refractivity contribution in [3.63, 3.8) is 0 Å². The highest BCUT2D eigenvalue weighted by Gasteiger charge is 2.18. The number of halogens is 1. The molecule has 5 aromatic carbocycles. The van der Waals surface area contributed by atoms with Gasteiger partial charge in [-0.1, -0.05) is 109 Å². The fraction of sp³-hybridized carbons (Fsp3) is 0. The molecule has 0 spiro atoms. The molecule has 0 saturated heterocycles. The summed E-state index contributed by atoms with van der Waals surface area (Å²) in [7, 11) is 0. The summed E-state index contributed by atoms with van der Waals surface area (Å²) in [6, 6.07) is 42.5. The third-order valence-electron chi connectivity index (χ3n) is 7.02. The molecule has 0 atom stereocenters. The molecule has 0 unspecified atom stereocenters. The quantitative estimate of drug-likeness (QED) is 0.245. The average molecular weight is 492 g/mol. The van der Waals surface area contributed by atoms with E-state index in [-0.39, 0.29) is 5.82 Å². The molecule has 0 bridgehead atoms. The maximum atomic E-state index is 14.8. The van der Waals surface area contributed by atoms with Gasteiger partial charge in [0.2, 0.25) is 0 Å². The van der Waals surface area contributed by atoms with Gasteiger partial charge in [0.15, 0.2) is 0 Å². The number of pyridine rings is 1. The lowest BCUT2D eigenvalue weighted by atomic mass is 9.96. The summed E-state index contributed by atoms with van der Waals surface area (Å²) in [6.07, 6.45) is 1.30. The second kappa shape index (κ2) is 9.13. The van der Waals surface area contributed by atoms with E-state index in [1.54, 1.807) is 0 Å². The summed E-state index contributed by atoms with van der Waals surface area (Å²) in [5.74, 6) is -0.343. The Labute approximate surface area is 219 Å². The second-order valence-electron chi connectivity index (χ2n) is 9.33. The van der Waals surface area contributed by atoms with Gasteiger partial charge in [0.1, 0.15) is 17.0 Å². The summed E-state index contributed by atoms with van der Waals surface area (Å²) in [5, 5.41) is 1.98. The third-order valence-corrected chi connectivity index (χ3v) is 7.02. The number of fused-ring (bicyclic) bond motifs is 3. The minimum Gasteiger partial charge on any atom is -0.455 e. The molecule has 0 saturated carbocycles. The molecule has 2 heterocycles. The molecule has 0 aliphatic rings. The zero-order valence-electron chi connectivity index (χ0n) is 20.4. The zero-order valence-corrected chi connectivity index (χ0v) is 20.4. The van der Waals surface area contributed by atoms with Crippen molar-refractivity contribution in [3.05, 3.63) is 139 Å². The van der Waals surface area contributed by atoms with Gasteiger partial charge >= 0.3 is 0 Å². The molecule has 38 heavy (non-hydrogen) atoms. The molecule has 2 nitrogen and oxygen atoms in total. The number of hydrogen-bond acceptors (Lipinski definition) is 2. The summed E-state index contributed by atoms with van der Waals surface area (Å²) in [6.45, 7) is 0. The van der Waals surface area contributed by atoms with Gasteiger partial charge < -0.3 is 4.42 Å². The van der Waals surface area contributed by atoms with Crippen molar-refractivity contribution in [2.75, 3.05) is 0 Å². The van der Waals surface area contributed by atoms with Crippen LogP contribution in [0, 0.1) is 5.82 Å². The highest BCUT2D eigenvalue weighted by atomic mass is 19.1. The fourth-order valence-electron chi connectivity index (χ4n) is 5.21. The van der Waals surface area contributed by atoms with E-state index in [4.69, 9.17) is 4.42 Å². The minimum absolute atomic E-state index is 0.343. The van der Waals surface area contributed by atoms with E-state index in [2.05, 4.69) is 71.7 Å². The van der Waals surface area contributed by atoms with Gasteiger partial charge in [0.25, 0.3) is 0 Å². The van der Waals surface area contributed by atoms with Gasteiger partial charge in [-0.15, -0.1) is 0 Å². The number of hydrogen-bond donors (Lipinski definition) is 0. The molecule has 0 fully saturated rings. The molecular formula is C35H22FNO. The van der Waals surface area contributed by atoms with E-state index in [0.717, 1.165) is 49.8 Å². The van der Waals surface area contributed by atoms with Crippen LogP contribution in [0.4, 0.5) is 4.39 Å². The first kappa shape index (κ1) is 22.2. The SMILES string of the molecule is Fc1cnc(-c2cccc3oc4c(-c5cccc(-c6ccccc6)c5)cccc4c23)cc1-c1ccccc1. The first-order chi connectivity index (χ1) is 18.8. The summed E-state index contributed by atoms with van der Waals surface area (Å²) >= 11 is 0. The maximum absolute atomic E-state index is 14.8. The number of rotatable bonds is 4. The van der Waals surface area contributed by atoms with Gasteiger partial charge in [-0.25, -0.2) is 4.39 Å². The molecule has 0 radical (unpaired) electrons. The molecule has 7 aromatic rings. The highest BCUT2D eigenvalue weighted by Crippen LogP contribution is 2.41.